The Labute approximate surface area is 265 Å². The molecule has 1 aliphatic heterocycles. The third kappa shape index (κ3) is 14.7. The molecule has 26 heteroatoms. The predicted octanol–water partition coefficient (Wildman–Crippen LogP) is -13.6. The molecule has 0 spiro atoms. The van der Waals surface area contributed by atoms with E-state index in [1.165, 1.54) is 0 Å². The predicted molar refractivity (Wildman–Crippen MR) is 101 cm³/mol. The number of rotatable bonds is 8. The number of hydrogen-bond donors (Lipinski definition) is 7. The zero-order valence-corrected chi connectivity index (χ0v) is 27.0. The van der Waals surface area contributed by atoms with Gasteiger partial charge in [0.25, 0.3) is 5.56 Å². The van der Waals surface area contributed by atoms with Crippen molar-refractivity contribution >= 4 is 23.5 Å². The fourth-order valence-electron chi connectivity index (χ4n) is 2.20. The summed E-state index contributed by atoms with van der Waals surface area (Å²) < 4.78 is 50.6. The third-order valence-electron chi connectivity index (χ3n) is 3.28. The molecule has 0 aromatic carbocycles. The van der Waals surface area contributed by atoms with Gasteiger partial charge in [-0.1, -0.05) is 0 Å². The number of nitrogens with zero attached hydrogens (tertiary/aromatic N) is 1. The van der Waals surface area contributed by atoms with Crippen LogP contribution in [0.4, 0.5) is 0 Å². The van der Waals surface area contributed by atoms with Crippen molar-refractivity contribution in [2.24, 2.45) is 0 Å². The normalized spacial score (nSPS) is 24.3. The zero-order chi connectivity index (χ0) is 22.2. The molecule has 1 fully saturated rings. The Balaban J connectivity index is -0.000000167. The maximum Gasteiger partial charge on any atom is 1.00 e. The molecule has 13 N–H and O–H groups in total. The summed E-state index contributed by atoms with van der Waals surface area (Å²) in [6.45, 7) is -1.05. The Morgan fingerprint density at radius 2 is 1.46 bits per heavy atom. The van der Waals surface area contributed by atoms with Crippen LogP contribution in [0.5, 0.6) is 0 Å². The quantitative estimate of drug-likeness (QED) is 0.106. The van der Waals surface area contributed by atoms with Crippen molar-refractivity contribution in [3.8, 4) is 0 Å². The maximum absolute atomic E-state index is 11.7. The van der Waals surface area contributed by atoms with Crippen LogP contribution in [0.2, 0.25) is 0 Å². The summed E-state index contributed by atoms with van der Waals surface area (Å²) in [5.41, 5.74) is -1.74. The van der Waals surface area contributed by atoms with E-state index in [0.717, 1.165) is 12.3 Å². The van der Waals surface area contributed by atoms with Crippen molar-refractivity contribution < 1.29 is 171 Å². The van der Waals surface area contributed by atoms with Crippen molar-refractivity contribution in [3.05, 3.63) is 33.1 Å². The van der Waals surface area contributed by atoms with E-state index in [9.17, 15) is 38.4 Å². The zero-order valence-electron chi connectivity index (χ0n) is 21.3. The summed E-state index contributed by atoms with van der Waals surface area (Å²) in [5, 5.41) is 19.9. The van der Waals surface area contributed by atoms with Gasteiger partial charge in [0.1, 0.15) is 18.3 Å². The average Bonchev–Trinajstić information content (AvgIpc) is 2.78. The van der Waals surface area contributed by atoms with Crippen LogP contribution in [0, 0.1) is 0 Å². The molecule has 1 aliphatic rings. The number of aromatic amines is 1. The molecule has 20 nitrogen and oxygen atoms in total. The van der Waals surface area contributed by atoms with Gasteiger partial charge < -0.3 is 55.2 Å². The van der Waals surface area contributed by atoms with E-state index >= 15 is 0 Å². The number of H-pyrrole nitrogens is 1. The van der Waals surface area contributed by atoms with Crippen LogP contribution in [0.25, 0.3) is 0 Å². The van der Waals surface area contributed by atoms with E-state index in [0.29, 0.717) is 4.57 Å². The van der Waals surface area contributed by atoms with Gasteiger partial charge >= 0.3 is 118 Å². The third-order valence-corrected chi connectivity index (χ3v) is 7.08. The van der Waals surface area contributed by atoms with Crippen LogP contribution in [0.1, 0.15) is 10.5 Å². The summed E-state index contributed by atoms with van der Waals surface area (Å²) in [5.74, 6) is 0. The fourth-order valence-corrected chi connectivity index (χ4v) is 5.23. The molecule has 0 bridgehead atoms. The van der Waals surface area contributed by atoms with Gasteiger partial charge in [0.05, 0.1) is 6.61 Å². The molecule has 1 aromatic heterocycles. The first-order valence-corrected chi connectivity index (χ1v) is 11.7. The minimum Gasteiger partial charge on any atom is -1.00 e. The second-order valence-electron chi connectivity index (χ2n) is 5.45. The van der Waals surface area contributed by atoms with Gasteiger partial charge in [0, 0.05) is 12.3 Å². The van der Waals surface area contributed by atoms with E-state index < -0.39 is 65.9 Å². The van der Waals surface area contributed by atoms with Crippen LogP contribution < -0.4 is 99.9 Å². The topological polar surface area (TPSA) is 359 Å². The van der Waals surface area contributed by atoms with Crippen molar-refractivity contribution in [1.29, 1.82) is 0 Å². The van der Waals surface area contributed by atoms with Crippen LogP contribution in [-0.2, 0) is 31.6 Å². The van der Waals surface area contributed by atoms with Crippen molar-refractivity contribution in [3.63, 3.8) is 0 Å². The Morgan fingerprint density at radius 1 is 0.943 bits per heavy atom. The summed E-state index contributed by atoms with van der Waals surface area (Å²) in [7, 11) is -16.8. The van der Waals surface area contributed by atoms with E-state index in [1.807, 2.05) is 4.98 Å². The van der Waals surface area contributed by atoms with Crippen LogP contribution in [-0.4, -0.2) is 80.7 Å². The first kappa shape index (κ1) is 46.7. The number of aromatic nitrogens is 2. The number of aliphatic hydroxyl groups excluding tert-OH is 2. The van der Waals surface area contributed by atoms with E-state index in [4.69, 9.17) is 19.4 Å². The van der Waals surface area contributed by atoms with E-state index in [-0.39, 0.29) is 109 Å². The van der Waals surface area contributed by atoms with Crippen molar-refractivity contribution in [2.75, 3.05) is 6.61 Å². The molecule has 1 saturated heterocycles. The molecule has 1 aromatic rings. The van der Waals surface area contributed by atoms with Gasteiger partial charge in [-0.2, -0.15) is 8.62 Å². The fraction of sp³-hybridized carbons (Fsp3) is 0.556. The number of aliphatic hydroxyl groups is 2. The number of ether oxygens (including phenoxy) is 1. The Kier molecular flexibility index (Phi) is 24.3. The average molecular weight is 610 g/mol. The summed E-state index contributed by atoms with van der Waals surface area (Å²) in [6.07, 6.45) is -5.70. The minimum atomic E-state index is -5.73. The minimum absolute atomic E-state index is 0. The van der Waals surface area contributed by atoms with Gasteiger partial charge in [-0.15, -0.1) is 0 Å². The Bertz CT molecular complexity index is 1030. The monoisotopic (exact) mass is 610 g/mol. The molecular formula is C9H24N2Na3O18P3. The molecule has 2 rings (SSSR count). The van der Waals surface area contributed by atoms with Crippen molar-refractivity contribution in [1.82, 2.24) is 9.55 Å². The van der Waals surface area contributed by atoms with Gasteiger partial charge in [-0.25, -0.2) is 18.5 Å². The Morgan fingerprint density at radius 3 is 1.91 bits per heavy atom. The van der Waals surface area contributed by atoms with Crippen LogP contribution >= 0.6 is 23.5 Å². The molecule has 2 unspecified atom stereocenters. The van der Waals surface area contributed by atoms with Crippen LogP contribution in [0.3, 0.4) is 0 Å². The standard InChI is InChI=1S/C9H15N2O15P3.3Na.3H2O.3H/c12-5-1-2-11(9(15)10-5)8-7(14)6(13)4(24-8)3-23-28(19,20)26-29(21,22)25-27(16,17)18;;;;;;;;;/h1-2,4,6-8,13-14H,3H2,(H,19,20)(H,21,22)(H,10,12,15)(H2,16,17,18);;;;3*1H2;;;/q;3*+1;;;;3*-1/t4-,6-,7-,8-;;;;;;;;;/m1........./s1. The van der Waals surface area contributed by atoms with E-state index in [1.54, 1.807) is 0 Å². The molecular weight excluding hydrogens is 586 g/mol. The second kappa shape index (κ2) is 18.2. The summed E-state index contributed by atoms with van der Waals surface area (Å²) in [6, 6.07) is 0.920. The molecule has 35 heavy (non-hydrogen) atoms. The molecule has 196 valence electrons. The largest absolute Gasteiger partial charge is 1.00 e. The van der Waals surface area contributed by atoms with Gasteiger partial charge in [0.15, 0.2) is 6.23 Å². The first-order valence-electron chi connectivity index (χ1n) is 7.22. The van der Waals surface area contributed by atoms with Gasteiger partial charge in [-0.05, 0) is 0 Å². The first-order chi connectivity index (χ1) is 13.1. The van der Waals surface area contributed by atoms with E-state index in [2.05, 4.69) is 13.1 Å². The molecule has 6 atom stereocenters. The smallest absolute Gasteiger partial charge is 1.00 e. The van der Waals surface area contributed by atoms with Gasteiger partial charge in [-0.3, -0.25) is 18.9 Å². The molecule has 0 aliphatic carbocycles. The SMILES string of the molecule is O.O.O.O=c1ccn([C@@H]2O[C@H](COP(=O)(O)OP(=O)(O)OP(=O)(O)O)[C@@H](O)[C@H]2O)c(=O)[nH]1.[H-].[H-].[H-].[Na+].[Na+].[Na+]. The molecule has 0 saturated carbocycles. The number of phosphoric acid groups is 3. The van der Waals surface area contributed by atoms with Gasteiger partial charge in [0.2, 0.25) is 0 Å². The summed E-state index contributed by atoms with van der Waals surface area (Å²) in [4.78, 5) is 59.9. The maximum atomic E-state index is 11.7. The molecule has 0 amide bonds. The second-order valence-corrected chi connectivity index (χ2v) is 9.87. The molecule has 2 heterocycles. The van der Waals surface area contributed by atoms with Crippen LogP contribution in [0.15, 0.2) is 21.9 Å². The number of hydrogen-bond acceptors (Lipinski definition) is 11. The summed E-state index contributed by atoms with van der Waals surface area (Å²) >= 11 is 0. The number of nitrogens with one attached hydrogen (secondary N) is 1. The number of phosphoric ester groups is 1. The molecule has 0 radical (unpaired) electrons. The van der Waals surface area contributed by atoms with Crippen molar-refractivity contribution in [2.45, 2.75) is 24.5 Å². The Hall–Kier alpha value is 1.85.